The third-order valence-corrected chi connectivity index (χ3v) is 6.79. The second-order valence-corrected chi connectivity index (χ2v) is 8.55. The van der Waals surface area contributed by atoms with Gasteiger partial charge in [-0.05, 0) is 83.2 Å². The van der Waals surface area contributed by atoms with E-state index in [2.05, 4.69) is 121 Å². The van der Waals surface area contributed by atoms with E-state index in [0.29, 0.717) is 0 Å². The summed E-state index contributed by atoms with van der Waals surface area (Å²) < 4.78 is 0. The Bertz CT molecular complexity index is 1810. The molecule has 0 aliphatic carbocycles. The van der Waals surface area contributed by atoms with E-state index >= 15 is 0 Å². The van der Waals surface area contributed by atoms with Crippen molar-refractivity contribution in [2.75, 3.05) is 0 Å². The molecule has 0 unspecified atom stereocenters. The highest BCUT2D eigenvalue weighted by molar-refractivity contribution is 6.34. The van der Waals surface area contributed by atoms with Crippen molar-refractivity contribution in [2.24, 2.45) is 0 Å². The average molecular weight is 405 g/mol. The highest BCUT2D eigenvalue weighted by Crippen LogP contribution is 2.43. The topological polar surface area (TPSA) is 0 Å². The second kappa shape index (κ2) is 6.67. The molecule has 0 amide bonds. The standard InChI is InChI=1S/C32H20/c1-2-10-21(11-3-1)28-20-31-25-15-7-6-14-24(25)29-18-22-12-4-5-13-23(22)19-30(29)32(31)27-17-9-8-16-26(27)28/h1-20H. The molecule has 0 heterocycles. The van der Waals surface area contributed by atoms with Crippen molar-refractivity contribution in [1.82, 2.24) is 0 Å². The number of benzene rings is 7. The van der Waals surface area contributed by atoms with Crippen molar-refractivity contribution in [3.05, 3.63) is 121 Å². The molecule has 0 N–H and O–H groups in total. The van der Waals surface area contributed by atoms with Crippen molar-refractivity contribution in [1.29, 1.82) is 0 Å². The highest BCUT2D eigenvalue weighted by Gasteiger charge is 2.15. The first-order valence-electron chi connectivity index (χ1n) is 11.1. The molecule has 0 radical (unpaired) electrons. The fourth-order valence-electron chi connectivity index (χ4n) is 5.36. The van der Waals surface area contributed by atoms with Crippen molar-refractivity contribution in [3.63, 3.8) is 0 Å². The summed E-state index contributed by atoms with van der Waals surface area (Å²) in [4.78, 5) is 0. The molecule has 0 bridgehead atoms. The van der Waals surface area contributed by atoms with Gasteiger partial charge in [0.15, 0.2) is 0 Å². The molecule has 0 aromatic heterocycles. The third kappa shape index (κ3) is 2.44. The van der Waals surface area contributed by atoms with E-state index in [4.69, 9.17) is 0 Å². The van der Waals surface area contributed by atoms with Gasteiger partial charge < -0.3 is 0 Å². The van der Waals surface area contributed by atoms with Crippen LogP contribution >= 0.6 is 0 Å². The lowest BCUT2D eigenvalue weighted by Gasteiger charge is -2.16. The molecular weight excluding hydrogens is 384 g/mol. The van der Waals surface area contributed by atoms with Crippen molar-refractivity contribution < 1.29 is 0 Å². The van der Waals surface area contributed by atoms with Crippen LogP contribution < -0.4 is 0 Å². The molecule has 7 aromatic rings. The zero-order chi connectivity index (χ0) is 21.1. The molecular formula is C32H20. The first kappa shape index (κ1) is 17.5. The largest absolute Gasteiger partial charge is 0.0622 e. The summed E-state index contributed by atoms with van der Waals surface area (Å²) in [5.41, 5.74) is 2.55. The van der Waals surface area contributed by atoms with Crippen LogP contribution in [0.1, 0.15) is 0 Å². The van der Waals surface area contributed by atoms with Crippen molar-refractivity contribution >= 4 is 53.9 Å². The lowest BCUT2D eigenvalue weighted by Crippen LogP contribution is -1.89. The van der Waals surface area contributed by atoms with Gasteiger partial charge in [0.05, 0.1) is 0 Å². The number of hydrogen-bond donors (Lipinski definition) is 0. The number of hydrogen-bond acceptors (Lipinski definition) is 0. The quantitative estimate of drug-likeness (QED) is 0.189. The Labute approximate surface area is 186 Å². The van der Waals surface area contributed by atoms with Crippen LogP contribution in [-0.2, 0) is 0 Å². The summed E-state index contributed by atoms with van der Waals surface area (Å²) in [6, 6.07) is 44.3. The Morgan fingerprint density at radius 1 is 0.312 bits per heavy atom. The van der Waals surface area contributed by atoms with Crippen LogP contribution in [-0.4, -0.2) is 0 Å². The zero-order valence-corrected chi connectivity index (χ0v) is 17.5. The van der Waals surface area contributed by atoms with E-state index in [9.17, 15) is 0 Å². The summed E-state index contributed by atoms with van der Waals surface area (Å²) in [5, 5.41) is 13.1. The Balaban J connectivity index is 1.80. The van der Waals surface area contributed by atoms with Gasteiger partial charge in [0.1, 0.15) is 0 Å². The fourth-order valence-corrected chi connectivity index (χ4v) is 5.36. The van der Waals surface area contributed by atoms with Crippen LogP contribution in [0.25, 0.3) is 65.0 Å². The van der Waals surface area contributed by atoms with Gasteiger partial charge in [-0.1, -0.05) is 103 Å². The molecule has 0 aliphatic rings. The minimum Gasteiger partial charge on any atom is -0.0622 e. The van der Waals surface area contributed by atoms with E-state index in [0.717, 1.165) is 0 Å². The molecule has 7 aromatic carbocycles. The maximum absolute atomic E-state index is 2.41. The van der Waals surface area contributed by atoms with E-state index in [1.54, 1.807) is 0 Å². The monoisotopic (exact) mass is 404 g/mol. The maximum Gasteiger partial charge on any atom is -0.00197 e. The predicted octanol–water partition coefficient (Wildman–Crippen LogP) is 9.12. The van der Waals surface area contributed by atoms with Gasteiger partial charge >= 0.3 is 0 Å². The van der Waals surface area contributed by atoms with Gasteiger partial charge in [-0.15, -0.1) is 0 Å². The van der Waals surface area contributed by atoms with Gasteiger partial charge in [0, 0.05) is 0 Å². The summed E-state index contributed by atoms with van der Waals surface area (Å²) >= 11 is 0. The molecule has 32 heavy (non-hydrogen) atoms. The van der Waals surface area contributed by atoms with Crippen molar-refractivity contribution in [2.45, 2.75) is 0 Å². The second-order valence-electron chi connectivity index (χ2n) is 8.55. The molecule has 148 valence electrons. The molecule has 0 atom stereocenters. The van der Waals surface area contributed by atoms with Crippen molar-refractivity contribution in [3.8, 4) is 11.1 Å². The zero-order valence-electron chi connectivity index (χ0n) is 17.5. The Hall–Kier alpha value is -4.16. The molecule has 0 fully saturated rings. The molecule has 0 nitrogen and oxygen atoms in total. The number of fused-ring (bicyclic) bond motifs is 9. The molecule has 0 saturated carbocycles. The lowest BCUT2D eigenvalue weighted by molar-refractivity contribution is 1.67. The lowest BCUT2D eigenvalue weighted by atomic mass is 9.87. The van der Waals surface area contributed by atoms with Gasteiger partial charge in [-0.2, -0.15) is 0 Å². The van der Waals surface area contributed by atoms with Crippen LogP contribution in [0, 0.1) is 0 Å². The summed E-state index contributed by atoms with van der Waals surface area (Å²) in [7, 11) is 0. The summed E-state index contributed by atoms with van der Waals surface area (Å²) in [5.74, 6) is 0. The smallest absolute Gasteiger partial charge is 0.00197 e. The SMILES string of the molecule is c1ccc(-c2cc3c4ccccc4c4cc5ccccc5cc4c3c3ccccc23)cc1. The summed E-state index contributed by atoms with van der Waals surface area (Å²) in [6.45, 7) is 0. The van der Waals surface area contributed by atoms with Gasteiger partial charge in [0.2, 0.25) is 0 Å². The minimum atomic E-state index is 1.26. The van der Waals surface area contributed by atoms with Gasteiger partial charge in [-0.3, -0.25) is 0 Å². The average Bonchev–Trinajstić information content (AvgIpc) is 2.87. The van der Waals surface area contributed by atoms with E-state index < -0.39 is 0 Å². The predicted molar refractivity (Wildman–Crippen MR) is 139 cm³/mol. The van der Waals surface area contributed by atoms with Crippen LogP contribution in [0.2, 0.25) is 0 Å². The minimum absolute atomic E-state index is 1.26. The van der Waals surface area contributed by atoms with E-state index in [1.165, 1.54) is 65.0 Å². The van der Waals surface area contributed by atoms with Gasteiger partial charge in [-0.25, -0.2) is 0 Å². The molecule has 0 aliphatic heterocycles. The Kier molecular flexibility index (Phi) is 3.65. The normalized spacial score (nSPS) is 11.8. The Morgan fingerprint density at radius 3 is 1.53 bits per heavy atom. The first-order valence-corrected chi connectivity index (χ1v) is 11.1. The highest BCUT2D eigenvalue weighted by atomic mass is 14.2. The van der Waals surface area contributed by atoms with Crippen LogP contribution in [0.15, 0.2) is 121 Å². The van der Waals surface area contributed by atoms with E-state index in [-0.39, 0.29) is 0 Å². The molecule has 0 spiro atoms. The van der Waals surface area contributed by atoms with Crippen LogP contribution in [0.3, 0.4) is 0 Å². The maximum atomic E-state index is 2.41. The first-order chi connectivity index (χ1) is 15.9. The van der Waals surface area contributed by atoms with Crippen LogP contribution in [0.4, 0.5) is 0 Å². The van der Waals surface area contributed by atoms with Crippen LogP contribution in [0.5, 0.6) is 0 Å². The molecule has 0 saturated heterocycles. The molecule has 0 heteroatoms. The Morgan fingerprint density at radius 2 is 0.812 bits per heavy atom. The molecule has 7 rings (SSSR count). The van der Waals surface area contributed by atoms with Gasteiger partial charge in [0.25, 0.3) is 0 Å². The number of rotatable bonds is 1. The fraction of sp³-hybridized carbons (Fsp3) is 0. The van der Waals surface area contributed by atoms with E-state index in [1.807, 2.05) is 0 Å². The summed E-state index contributed by atoms with van der Waals surface area (Å²) in [6.07, 6.45) is 0. The third-order valence-electron chi connectivity index (χ3n) is 6.79.